The lowest BCUT2D eigenvalue weighted by Gasteiger charge is -2.12. The van der Waals surface area contributed by atoms with Crippen LogP contribution < -0.4 is 5.32 Å². The van der Waals surface area contributed by atoms with E-state index in [9.17, 15) is 9.59 Å². The van der Waals surface area contributed by atoms with Crippen LogP contribution in [0.2, 0.25) is 0 Å². The Morgan fingerprint density at radius 1 is 0.846 bits per heavy atom. The molecule has 0 aliphatic carbocycles. The Kier molecular flexibility index (Phi) is 4.68. The van der Waals surface area contributed by atoms with Gasteiger partial charge >= 0.3 is 0 Å². The molecule has 1 heterocycles. The maximum atomic E-state index is 12.9. The third-order valence-corrected chi connectivity index (χ3v) is 4.91. The SMILES string of the molecule is CCN1C(=O)C(Nc2ccc(C)c(C)c2)=C(c2ccc(C)cc2C)C1=O. The van der Waals surface area contributed by atoms with Crippen LogP contribution in [-0.2, 0) is 9.59 Å². The summed E-state index contributed by atoms with van der Waals surface area (Å²) in [5, 5.41) is 3.21. The molecule has 0 saturated heterocycles. The molecule has 0 fully saturated rings. The van der Waals surface area contributed by atoms with Crippen molar-refractivity contribution in [2.45, 2.75) is 34.6 Å². The van der Waals surface area contributed by atoms with Crippen molar-refractivity contribution >= 4 is 23.1 Å². The minimum absolute atomic E-state index is 0.240. The van der Waals surface area contributed by atoms with Gasteiger partial charge in [0.25, 0.3) is 11.8 Å². The summed E-state index contributed by atoms with van der Waals surface area (Å²) in [6.45, 7) is 10.2. The Labute approximate surface area is 154 Å². The molecule has 0 atom stereocenters. The van der Waals surface area contributed by atoms with Gasteiger partial charge in [0.05, 0.1) is 5.57 Å². The van der Waals surface area contributed by atoms with Crippen molar-refractivity contribution in [3.8, 4) is 0 Å². The van der Waals surface area contributed by atoms with Gasteiger partial charge in [-0.05, 0) is 69.0 Å². The first-order valence-corrected chi connectivity index (χ1v) is 8.85. The second-order valence-corrected chi connectivity index (χ2v) is 6.85. The van der Waals surface area contributed by atoms with Crippen molar-refractivity contribution in [1.82, 2.24) is 4.90 Å². The second kappa shape index (κ2) is 6.79. The van der Waals surface area contributed by atoms with Gasteiger partial charge in [0, 0.05) is 12.2 Å². The summed E-state index contributed by atoms with van der Waals surface area (Å²) in [5.74, 6) is -0.513. The highest BCUT2D eigenvalue weighted by Gasteiger charge is 2.38. The molecule has 0 unspecified atom stereocenters. The zero-order valence-electron chi connectivity index (χ0n) is 15.9. The number of carbonyl (C=O) groups excluding carboxylic acids is 2. The first-order chi connectivity index (χ1) is 12.3. The van der Waals surface area contributed by atoms with Crippen LogP contribution in [-0.4, -0.2) is 23.3 Å². The Hall–Kier alpha value is -2.88. The molecule has 1 aliphatic heterocycles. The van der Waals surface area contributed by atoms with Crippen molar-refractivity contribution in [1.29, 1.82) is 0 Å². The van der Waals surface area contributed by atoms with Crippen LogP contribution >= 0.6 is 0 Å². The van der Waals surface area contributed by atoms with Gasteiger partial charge in [-0.25, -0.2) is 0 Å². The van der Waals surface area contributed by atoms with Gasteiger partial charge in [-0.3, -0.25) is 14.5 Å². The molecule has 134 valence electrons. The first-order valence-electron chi connectivity index (χ1n) is 8.85. The minimum Gasteiger partial charge on any atom is -0.350 e. The average Bonchev–Trinajstić information content (AvgIpc) is 2.81. The molecule has 0 radical (unpaired) electrons. The fraction of sp³-hybridized carbons (Fsp3) is 0.273. The first kappa shape index (κ1) is 17.9. The van der Waals surface area contributed by atoms with Gasteiger partial charge in [-0.2, -0.15) is 0 Å². The zero-order valence-corrected chi connectivity index (χ0v) is 15.9. The number of anilines is 1. The molecule has 1 N–H and O–H groups in total. The predicted molar refractivity (Wildman–Crippen MR) is 105 cm³/mol. The van der Waals surface area contributed by atoms with E-state index in [1.165, 1.54) is 10.5 Å². The highest BCUT2D eigenvalue weighted by Crippen LogP contribution is 2.32. The fourth-order valence-corrected chi connectivity index (χ4v) is 3.29. The molecule has 4 nitrogen and oxygen atoms in total. The van der Waals surface area contributed by atoms with E-state index < -0.39 is 0 Å². The molecule has 1 aliphatic rings. The smallest absolute Gasteiger partial charge is 0.278 e. The summed E-state index contributed by atoms with van der Waals surface area (Å²) in [4.78, 5) is 27.1. The quantitative estimate of drug-likeness (QED) is 0.845. The van der Waals surface area contributed by atoms with Gasteiger partial charge in [-0.15, -0.1) is 0 Å². The number of benzene rings is 2. The highest BCUT2D eigenvalue weighted by molar-refractivity contribution is 6.36. The van der Waals surface area contributed by atoms with Crippen LogP contribution in [0.15, 0.2) is 42.1 Å². The van der Waals surface area contributed by atoms with Crippen molar-refractivity contribution in [2.75, 3.05) is 11.9 Å². The number of rotatable bonds is 4. The third-order valence-electron chi connectivity index (χ3n) is 4.91. The summed E-state index contributed by atoms with van der Waals surface area (Å²) in [7, 11) is 0. The van der Waals surface area contributed by atoms with E-state index >= 15 is 0 Å². The van der Waals surface area contributed by atoms with Crippen LogP contribution in [0, 0.1) is 27.7 Å². The Morgan fingerprint density at radius 3 is 2.19 bits per heavy atom. The minimum atomic E-state index is -0.272. The zero-order chi connectivity index (χ0) is 19.0. The van der Waals surface area contributed by atoms with Crippen LogP contribution in [0.5, 0.6) is 0 Å². The third kappa shape index (κ3) is 3.03. The monoisotopic (exact) mass is 348 g/mol. The van der Waals surface area contributed by atoms with Gasteiger partial charge in [-0.1, -0.05) is 29.8 Å². The van der Waals surface area contributed by atoms with Gasteiger partial charge in [0.1, 0.15) is 5.70 Å². The standard InChI is InChI=1S/C22H24N2O2/c1-6-24-21(25)19(18-10-7-13(2)11-16(18)5)20(22(24)26)23-17-9-8-14(3)15(4)12-17/h7-12,23H,6H2,1-5H3. The Morgan fingerprint density at radius 2 is 1.58 bits per heavy atom. The van der Waals surface area contributed by atoms with Crippen molar-refractivity contribution in [3.05, 3.63) is 69.9 Å². The number of carbonyl (C=O) groups is 2. The molecule has 0 spiro atoms. The van der Waals surface area contributed by atoms with E-state index in [-0.39, 0.29) is 11.8 Å². The van der Waals surface area contributed by atoms with E-state index in [0.717, 1.165) is 27.9 Å². The number of nitrogens with one attached hydrogen (secondary N) is 1. The number of imide groups is 1. The van der Waals surface area contributed by atoms with Crippen LogP contribution in [0.4, 0.5) is 5.69 Å². The molecule has 4 heteroatoms. The molecule has 2 aromatic carbocycles. The second-order valence-electron chi connectivity index (χ2n) is 6.85. The molecular weight excluding hydrogens is 324 g/mol. The van der Waals surface area contributed by atoms with Crippen molar-refractivity contribution in [2.24, 2.45) is 0 Å². The van der Waals surface area contributed by atoms with E-state index in [1.807, 2.05) is 71.0 Å². The molecule has 0 aromatic heterocycles. The van der Waals surface area contributed by atoms with Crippen LogP contribution in [0.25, 0.3) is 5.57 Å². The van der Waals surface area contributed by atoms with Gasteiger partial charge in [0.2, 0.25) is 0 Å². The van der Waals surface area contributed by atoms with E-state index in [1.54, 1.807) is 0 Å². The summed E-state index contributed by atoms with van der Waals surface area (Å²) in [6, 6.07) is 11.9. The van der Waals surface area contributed by atoms with Gasteiger partial charge in [0.15, 0.2) is 0 Å². The molecular formula is C22H24N2O2. The molecule has 0 saturated carbocycles. The van der Waals surface area contributed by atoms with Crippen LogP contribution in [0.3, 0.4) is 0 Å². The largest absolute Gasteiger partial charge is 0.350 e. The Balaban J connectivity index is 2.13. The lowest BCUT2D eigenvalue weighted by molar-refractivity contribution is -0.136. The number of hydrogen-bond donors (Lipinski definition) is 1. The summed E-state index contributed by atoms with van der Waals surface area (Å²) >= 11 is 0. The van der Waals surface area contributed by atoms with Crippen molar-refractivity contribution < 1.29 is 9.59 Å². The number of aryl methyl sites for hydroxylation is 4. The van der Waals surface area contributed by atoms with E-state index in [0.29, 0.717) is 17.8 Å². The topological polar surface area (TPSA) is 49.4 Å². The summed E-state index contributed by atoms with van der Waals surface area (Å²) in [6.07, 6.45) is 0. The van der Waals surface area contributed by atoms with Crippen molar-refractivity contribution in [3.63, 3.8) is 0 Å². The normalized spacial score (nSPS) is 14.4. The lowest BCUT2D eigenvalue weighted by atomic mass is 9.97. The average molecular weight is 348 g/mol. The fourth-order valence-electron chi connectivity index (χ4n) is 3.29. The maximum Gasteiger partial charge on any atom is 0.278 e. The summed E-state index contributed by atoms with van der Waals surface area (Å²) < 4.78 is 0. The van der Waals surface area contributed by atoms with E-state index in [4.69, 9.17) is 0 Å². The lowest BCUT2D eigenvalue weighted by Crippen LogP contribution is -2.32. The molecule has 26 heavy (non-hydrogen) atoms. The maximum absolute atomic E-state index is 12.9. The number of likely N-dealkylation sites (N-methyl/N-ethyl adjacent to an activating group) is 1. The number of hydrogen-bond acceptors (Lipinski definition) is 3. The summed E-state index contributed by atoms with van der Waals surface area (Å²) in [5.41, 5.74) is 6.84. The molecule has 0 bridgehead atoms. The molecule has 2 aromatic rings. The molecule has 2 amide bonds. The predicted octanol–water partition coefficient (Wildman–Crippen LogP) is 4.13. The molecule has 3 rings (SSSR count). The number of amides is 2. The number of nitrogens with zero attached hydrogens (tertiary/aromatic N) is 1. The Bertz CT molecular complexity index is 941. The van der Waals surface area contributed by atoms with Gasteiger partial charge < -0.3 is 5.32 Å². The van der Waals surface area contributed by atoms with E-state index in [2.05, 4.69) is 5.32 Å². The van der Waals surface area contributed by atoms with Crippen LogP contribution in [0.1, 0.15) is 34.7 Å². The highest BCUT2D eigenvalue weighted by atomic mass is 16.2.